The SMILES string of the molecule is CC(=O)O[C@H]1CN(C(C)=O)CC(C)(C)[C@@H]1OC(C)=O. The average molecular weight is 271 g/mol. The van der Waals surface area contributed by atoms with Gasteiger partial charge in [0.1, 0.15) is 6.10 Å². The van der Waals surface area contributed by atoms with E-state index in [0.29, 0.717) is 6.54 Å². The van der Waals surface area contributed by atoms with Gasteiger partial charge in [-0.25, -0.2) is 0 Å². The van der Waals surface area contributed by atoms with Crippen molar-refractivity contribution in [3.05, 3.63) is 0 Å². The van der Waals surface area contributed by atoms with E-state index in [1.54, 1.807) is 4.90 Å². The van der Waals surface area contributed by atoms with E-state index in [4.69, 9.17) is 9.47 Å². The minimum atomic E-state index is -0.631. The number of nitrogens with zero attached hydrogens (tertiary/aromatic N) is 1. The van der Waals surface area contributed by atoms with Gasteiger partial charge >= 0.3 is 11.9 Å². The van der Waals surface area contributed by atoms with Crippen LogP contribution in [0, 0.1) is 5.41 Å². The molecule has 1 fully saturated rings. The van der Waals surface area contributed by atoms with Crippen molar-refractivity contribution in [3.8, 4) is 0 Å². The lowest BCUT2D eigenvalue weighted by atomic mass is 9.79. The summed E-state index contributed by atoms with van der Waals surface area (Å²) >= 11 is 0. The average Bonchev–Trinajstić information content (AvgIpc) is 2.20. The second kappa shape index (κ2) is 5.59. The van der Waals surface area contributed by atoms with E-state index in [-0.39, 0.29) is 12.5 Å². The van der Waals surface area contributed by atoms with Crippen LogP contribution in [0.15, 0.2) is 0 Å². The Morgan fingerprint density at radius 2 is 1.58 bits per heavy atom. The zero-order valence-electron chi connectivity index (χ0n) is 12.1. The van der Waals surface area contributed by atoms with Gasteiger partial charge in [0.25, 0.3) is 0 Å². The molecule has 1 aliphatic heterocycles. The molecule has 0 bridgehead atoms. The van der Waals surface area contributed by atoms with Crippen LogP contribution >= 0.6 is 0 Å². The Hall–Kier alpha value is -1.59. The van der Waals surface area contributed by atoms with Gasteiger partial charge in [-0.2, -0.15) is 0 Å². The predicted octanol–water partition coefficient (Wildman–Crippen LogP) is 0.738. The molecule has 0 N–H and O–H groups in total. The molecule has 108 valence electrons. The monoisotopic (exact) mass is 271 g/mol. The molecule has 0 aliphatic carbocycles. The van der Waals surface area contributed by atoms with Crippen LogP contribution in [-0.2, 0) is 23.9 Å². The molecule has 2 atom stereocenters. The number of hydrogen-bond acceptors (Lipinski definition) is 5. The van der Waals surface area contributed by atoms with Crippen molar-refractivity contribution >= 4 is 17.8 Å². The van der Waals surface area contributed by atoms with Crippen molar-refractivity contribution in [1.29, 1.82) is 0 Å². The molecule has 0 aromatic carbocycles. The lowest BCUT2D eigenvalue weighted by Crippen LogP contribution is -2.60. The number of ether oxygens (including phenoxy) is 2. The molecule has 6 nitrogen and oxygen atoms in total. The Morgan fingerprint density at radius 1 is 1.05 bits per heavy atom. The third-order valence-corrected chi connectivity index (χ3v) is 3.16. The van der Waals surface area contributed by atoms with Crippen molar-refractivity contribution < 1.29 is 23.9 Å². The smallest absolute Gasteiger partial charge is 0.303 e. The summed E-state index contributed by atoms with van der Waals surface area (Å²) in [6.45, 7) is 8.54. The maximum atomic E-state index is 11.5. The van der Waals surface area contributed by atoms with Crippen molar-refractivity contribution in [2.24, 2.45) is 5.41 Å². The van der Waals surface area contributed by atoms with Gasteiger partial charge in [-0.1, -0.05) is 13.8 Å². The Morgan fingerprint density at radius 3 is 2.00 bits per heavy atom. The first-order valence-corrected chi connectivity index (χ1v) is 6.23. The summed E-state index contributed by atoms with van der Waals surface area (Å²) in [5.74, 6) is -0.971. The van der Waals surface area contributed by atoms with Crippen LogP contribution in [0.25, 0.3) is 0 Å². The largest absolute Gasteiger partial charge is 0.458 e. The maximum Gasteiger partial charge on any atom is 0.303 e. The van der Waals surface area contributed by atoms with Gasteiger partial charge in [0.2, 0.25) is 5.91 Å². The molecule has 0 saturated carbocycles. The summed E-state index contributed by atoms with van der Waals surface area (Å²) in [4.78, 5) is 35.5. The lowest BCUT2D eigenvalue weighted by Gasteiger charge is -2.46. The lowest BCUT2D eigenvalue weighted by molar-refractivity contribution is -0.189. The molecule has 1 saturated heterocycles. The summed E-state index contributed by atoms with van der Waals surface area (Å²) in [5.41, 5.74) is -0.476. The third-order valence-electron chi connectivity index (χ3n) is 3.16. The number of carbonyl (C=O) groups excluding carboxylic acids is 3. The topological polar surface area (TPSA) is 72.9 Å². The van der Waals surface area contributed by atoms with Gasteiger partial charge < -0.3 is 14.4 Å². The molecule has 1 heterocycles. The minimum absolute atomic E-state index is 0.0912. The van der Waals surface area contributed by atoms with Gasteiger partial charge in [0.05, 0.1) is 6.54 Å². The van der Waals surface area contributed by atoms with Crippen LogP contribution in [0.5, 0.6) is 0 Å². The number of amides is 1. The van der Waals surface area contributed by atoms with Crippen LogP contribution in [0.4, 0.5) is 0 Å². The van der Waals surface area contributed by atoms with Gasteiger partial charge in [0.15, 0.2) is 6.10 Å². The van der Waals surface area contributed by atoms with Crippen LogP contribution in [0.1, 0.15) is 34.6 Å². The second-order valence-corrected chi connectivity index (χ2v) is 5.57. The second-order valence-electron chi connectivity index (χ2n) is 5.57. The fraction of sp³-hybridized carbons (Fsp3) is 0.769. The van der Waals surface area contributed by atoms with E-state index in [9.17, 15) is 14.4 Å². The van der Waals surface area contributed by atoms with Crippen LogP contribution in [-0.4, -0.2) is 48.0 Å². The summed E-state index contributed by atoms with van der Waals surface area (Å²) in [6, 6.07) is 0. The van der Waals surface area contributed by atoms with E-state index in [0.717, 1.165) is 0 Å². The van der Waals surface area contributed by atoms with Crippen molar-refractivity contribution in [3.63, 3.8) is 0 Å². The van der Waals surface area contributed by atoms with E-state index in [1.807, 2.05) is 13.8 Å². The first-order chi connectivity index (χ1) is 8.63. The highest BCUT2D eigenvalue weighted by Gasteiger charge is 2.47. The molecule has 0 radical (unpaired) electrons. The van der Waals surface area contributed by atoms with E-state index >= 15 is 0 Å². The first kappa shape index (κ1) is 15.5. The molecule has 1 aliphatic rings. The normalized spacial score (nSPS) is 25.6. The van der Waals surface area contributed by atoms with Gasteiger partial charge in [-0.05, 0) is 0 Å². The van der Waals surface area contributed by atoms with E-state index < -0.39 is 29.6 Å². The number of carbonyl (C=O) groups is 3. The third kappa shape index (κ3) is 3.94. The number of piperidine rings is 1. The van der Waals surface area contributed by atoms with Crippen LogP contribution < -0.4 is 0 Å². The van der Waals surface area contributed by atoms with Crippen molar-refractivity contribution in [2.45, 2.75) is 46.8 Å². The fourth-order valence-electron chi connectivity index (χ4n) is 2.43. The van der Waals surface area contributed by atoms with Crippen molar-refractivity contribution in [1.82, 2.24) is 4.90 Å². The summed E-state index contributed by atoms with van der Waals surface area (Å²) in [6.07, 6.45) is -1.18. The Balaban J connectivity index is 2.98. The Labute approximate surface area is 113 Å². The molecule has 0 aromatic rings. The summed E-state index contributed by atoms with van der Waals surface area (Å²) in [7, 11) is 0. The number of likely N-dealkylation sites (tertiary alicyclic amines) is 1. The molecule has 0 aromatic heterocycles. The molecule has 0 unspecified atom stereocenters. The zero-order valence-corrected chi connectivity index (χ0v) is 12.1. The molecule has 19 heavy (non-hydrogen) atoms. The van der Waals surface area contributed by atoms with E-state index in [1.165, 1.54) is 20.8 Å². The van der Waals surface area contributed by atoms with E-state index in [2.05, 4.69) is 0 Å². The number of esters is 2. The number of rotatable bonds is 2. The predicted molar refractivity (Wildman–Crippen MR) is 67.1 cm³/mol. The van der Waals surface area contributed by atoms with Gasteiger partial charge in [0, 0.05) is 32.7 Å². The van der Waals surface area contributed by atoms with Crippen molar-refractivity contribution in [2.75, 3.05) is 13.1 Å². The summed E-state index contributed by atoms with van der Waals surface area (Å²) < 4.78 is 10.5. The highest BCUT2D eigenvalue weighted by molar-refractivity contribution is 5.74. The molecule has 1 rings (SSSR count). The van der Waals surface area contributed by atoms with Crippen LogP contribution in [0.2, 0.25) is 0 Å². The minimum Gasteiger partial charge on any atom is -0.458 e. The fourth-order valence-corrected chi connectivity index (χ4v) is 2.43. The molecular weight excluding hydrogens is 250 g/mol. The van der Waals surface area contributed by atoms with Gasteiger partial charge in [-0.3, -0.25) is 14.4 Å². The Bertz CT molecular complexity index is 390. The highest BCUT2D eigenvalue weighted by Crippen LogP contribution is 2.33. The number of hydrogen-bond donors (Lipinski definition) is 0. The summed E-state index contributed by atoms with van der Waals surface area (Å²) in [5, 5.41) is 0. The molecule has 0 spiro atoms. The first-order valence-electron chi connectivity index (χ1n) is 6.23. The zero-order chi connectivity index (χ0) is 14.8. The quantitative estimate of drug-likeness (QED) is 0.693. The van der Waals surface area contributed by atoms with Crippen LogP contribution in [0.3, 0.4) is 0 Å². The highest BCUT2D eigenvalue weighted by atomic mass is 16.6. The maximum absolute atomic E-state index is 11.5. The molecule has 6 heteroatoms. The van der Waals surface area contributed by atoms with Gasteiger partial charge in [-0.15, -0.1) is 0 Å². The Kier molecular flexibility index (Phi) is 4.55. The molecular formula is C13H21NO5. The standard InChI is InChI=1S/C13H21NO5/c1-8(15)14-6-11(18-9(2)16)12(19-10(3)17)13(4,5)7-14/h11-12H,6-7H2,1-5H3/t11-,12+/m0/s1. The molecule has 1 amide bonds.